The molecule has 1 aromatic heterocycles. The van der Waals surface area contributed by atoms with Gasteiger partial charge in [-0.25, -0.2) is 9.97 Å². The van der Waals surface area contributed by atoms with Crippen molar-refractivity contribution >= 4 is 32.7 Å². The van der Waals surface area contributed by atoms with Gasteiger partial charge in [-0.1, -0.05) is 15.9 Å². The minimum atomic E-state index is -0.165. The van der Waals surface area contributed by atoms with Crippen LogP contribution in [0.5, 0.6) is 0 Å². The van der Waals surface area contributed by atoms with Gasteiger partial charge < -0.3 is 14.4 Å². The largest absolute Gasteiger partial charge is 0.378 e. The fraction of sp³-hybridized carbons (Fsp3) is 0.467. The van der Waals surface area contributed by atoms with Crippen molar-refractivity contribution in [1.82, 2.24) is 9.97 Å². The van der Waals surface area contributed by atoms with E-state index in [9.17, 15) is 0 Å². The maximum atomic E-state index is 5.99. The number of halogens is 1. The topological polar surface area (TPSA) is 47.5 Å². The summed E-state index contributed by atoms with van der Waals surface area (Å²) in [5, 5.41) is 1.07. The highest BCUT2D eigenvalue weighted by Gasteiger charge is 2.41. The van der Waals surface area contributed by atoms with Crippen LogP contribution in [0, 0.1) is 0 Å². The van der Waals surface area contributed by atoms with Crippen LogP contribution in [0.1, 0.15) is 6.42 Å². The van der Waals surface area contributed by atoms with E-state index in [1.807, 2.05) is 12.1 Å². The van der Waals surface area contributed by atoms with Crippen LogP contribution in [0.3, 0.4) is 0 Å². The Morgan fingerprint density at radius 3 is 3.05 bits per heavy atom. The van der Waals surface area contributed by atoms with Gasteiger partial charge in [-0.3, -0.25) is 0 Å². The van der Waals surface area contributed by atoms with E-state index in [-0.39, 0.29) is 5.60 Å². The molecule has 0 saturated carbocycles. The van der Waals surface area contributed by atoms with Crippen LogP contribution < -0.4 is 4.90 Å². The number of benzene rings is 1. The molecule has 2 aliphatic rings. The van der Waals surface area contributed by atoms with Crippen LogP contribution in [-0.4, -0.2) is 48.5 Å². The van der Waals surface area contributed by atoms with E-state index in [0.29, 0.717) is 13.2 Å². The van der Waals surface area contributed by atoms with Gasteiger partial charge in [-0.2, -0.15) is 0 Å². The molecule has 6 heteroatoms. The van der Waals surface area contributed by atoms with Gasteiger partial charge >= 0.3 is 0 Å². The van der Waals surface area contributed by atoms with E-state index < -0.39 is 0 Å². The third-order valence-corrected chi connectivity index (χ3v) is 4.68. The molecule has 1 unspecified atom stereocenters. The van der Waals surface area contributed by atoms with E-state index in [4.69, 9.17) is 9.47 Å². The second kappa shape index (κ2) is 5.19. The maximum Gasteiger partial charge on any atom is 0.140 e. The molecular formula is C15H16BrN3O2. The first-order valence-corrected chi connectivity index (χ1v) is 7.92. The zero-order valence-electron chi connectivity index (χ0n) is 11.6. The molecule has 5 nitrogen and oxygen atoms in total. The van der Waals surface area contributed by atoms with Crippen LogP contribution in [0.25, 0.3) is 10.9 Å². The highest BCUT2D eigenvalue weighted by atomic mass is 79.9. The van der Waals surface area contributed by atoms with Gasteiger partial charge in [-0.15, -0.1) is 0 Å². The summed E-state index contributed by atoms with van der Waals surface area (Å²) in [5.74, 6) is 0.982. The predicted octanol–water partition coefficient (Wildman–Crippen LogP) is 2.39. The average molecular weight is 350 g/mol. The molecule has 2 saturated heterocycles. The lowest BCUT2D eigenvalue weighted by Crippen LogP contribution is -2.52. The van der Waals surface area contributed by atoms with E-state index in [1.165, 1.54) is 0 Å². The molecular weight excluding hydrogens is 334 g/mol. The molecule has 2 aromatic rings. The molecule has 0 radical (unpaired) electrons. The van der Waals surface area contributed by atoms with Crippen molar-refractivity contribution in [2.24, 2.45) is 0 Å². The molecule has 2 aliphatic heterocycles. The summed E-state index contributed by atoms with van der Waals surface area (Å²) < 4.78 is 12.6. The summed E-state index contributed by atoms with van der Waals surface area (Å²) in [4.78, 5) is 11.2. The minimum absolute atomic E-state index is 0.165. The van der Waals surface area contributed by atoms with Crippen LogP contribution in [0.15, 0.2) is 29.0 Å². The standard InChI is InChI=1S/C15H16BrN3O2/c16-11-1-2-13-12(7-11)14(18-10-17-13)19-4-6-21-15(8-19)3-5-20-9-15/h1-2,7,10H,3-6,8-9H2. The lowest BCUT2D eigenvalue weighted by molar-refractivity contribution is -0.0580. The molecule has 0 aliphatic carbocycles. The number of aromatic nitrogens is 2. The Bertz CT molecular complexity index is 673. The van der Waals surface area contributed by atoms with E-state index in [0.717, 1.165) is 47.3 Å². The lowest BCUT2D eigenvalue weighted by atomic mass is 10.0. The van der Waals surface area contributed by atoms with Gasteiger partial charge in [-0.05, 0) is 18.2 Å². The Morgan fingerprint density at radius 1 is 1.24 bits per heavy atom. The number of ether oxygens (including phenoxy) is 2. The minimum Gasteiger partial charge on any atom is -0.378 e. The quantitative estimate of drug-likeness (QED) is 0.790. The summed E-state index contributed by atoms with van der Waals surface area (Å²) in [6, 6.07) is 6.10. The molecule has 3 heterocycles. The number of fused-ring (bicyclic) bond motifs is 1. The van der Waals surface area contributed by atoms with Crippen molar-refractivity contribution in [2.75, 3.05) is 37.8 Å². The zero-order valence-corrected chi connectivity index (χ0v) is 13.2. The van der Waals surface area contributed by atoms with Crippen LogP contribution in [0.4, 0.5) is 5.82 Å². The molecule has 21 heavy (non-hydrogen) atoms. The number of rotatable bonds is 1. The summed E-state index contributed by atoms with van der Waals surface area (Å²) in [6.07, 6.45) is 2.59. The molecule has 0 amide bonds. The molecule has 0 bridgehead atoms. The maximum absolute atomic E-state index is 5.99. The molecule has 1 aromatic carbocycles. The Balaban J connectivity index is 1.74. The van der Waals surface area contributed by atoms with E-state index >= 15 is 0 Å². The highest BCUT2D eigenvalue weighted by Crippen LogP contribution is 2.32. The summed E-state index contributed by atoms with van der Waals surface area (Å²) in [6.45, 7) is 3.84. The first-order valence-electron chi connectivity index (χ1n) is 7.13. The van der Waals surface area contributed by atoms with Gasteiger partial charge in [0, 0.05) is 29.4 Å². The van der Waals surface area contributed by atoms with Gasteiger partial charge in [0.15, 0.2) is 0 Å². The number of nitrogens with zero attached hydrogens (tertiary/aromatic N) is 3. The number of anilines is 1. The number of hydrogen-bond donors (Lipinski definition) is 0. The summed E-state index contributed by atoms with van der Waals surface area (Å²) in [7, 11) is 0. The van der Waals surface area contributed by atoms with E-state index in [2.05, 4.69) is 36.9 Å². The smallest absolute Gasteiger partial charge is 0.140 e. The third kappa shape index (κ3) is 2.41. The molecule has 1 atom stereocenters. The van der Waals surface area contributed by atoms with Gasteiger partial charge in [0.2, 0.25) is 0 Å². The van der Waals surface area contributed by atoms with Crippen LogP contribution in [-0.2, 0) is 9.47 Å². The van der Waals surface area contributed by atoms with Crippen LogP contribution >= 0.6 is 15.9 Å². The fourth-order valence-corrected chi connectivity index (χ4v) is 3.48. The normalized spacial score (nSPS) is 25.9. The molecule has 2 fully saturated rings. The molecule has 1 spiro atoms. The Labute approximate surface area is 131 Å². The van der Waals surface area contributed by atoms with Gasteiger partial charge in [0.1, 0.15) is 17.7 Å². The van der Waals surface area contributed by atoms with Crippen molar-refractivity contribution in [3.05, 3.63) is 29.0 Å². The molecule has 110 valence electrons. The molecule has 4 rings (SSSR count). The number of morpholine rings is 1. The van der Waals surface area contributed by atoms with Gasteiger partial charge in [0.25, 0.3) is 0 Å². The van der Waals surface area contributed by atoms with Crippen molar-refractivity contribution < 1.29 is 9.47 Å². The number of hydrogen-bond acceptors (Lipinski definition) is 5. The summed E-state index contributed by atoms with van der Waals surface area (Å²) >= 11 is 3.53. The van der Waals surface area contributed by atoms with Crippen molar-refractivity contribution in [3.8, 4) is 0 Å². The SMILES string of the molecule is Brc1ccc2ncnc(N3CCOC4(CCOC4)C3)c2c1. The van der Waals surface area contributed by atoms with Crippen molar-refractivity contribution in [2.45, 2.75) is 12.0 Å². The highest BCUT2D eigenvalue weighted by molar-refractivity contribution is 9.10. The Kier molecular flexibility index (Phi) is 3.32. The molecule has 0 N–H and O–H groups in total. The second-order valence-electron chi connectivity index (χ2n) is 5.61. The first-order chi connectivity index (χ1) is 10.3. The van der Waals surface area contributed by atoms with Crippen molar-refractivity contribution in [1.29, 1.82) is 0 Å². The third-order valence-electron chi connectivity index (χ3n) is 4.19. The fourth-order valence-electron chi connectivity index (χ4n) is 3.12. The van der Waals surface area contributed by atoms with Crippen LogP contribution in [0.2, 0.25) is 0 Å². The lowest BCUT2D eigenvalue weighted by Gasteiger charge is -2.40. The van der Waals surface area contributed by atoms with Gasteiger partial charge in [0.05, 0.1) is 25.3 Å². The van der Waals surface area contributed by atoms with E-state index in [1.54, 1.807) is 6.33 Å². The monoisotopic (exact) mass is 349 g/mol. The zero-order chi connectivity index (χ0) is 14.3. The van der Waals surface area contributed by atoms with Crippen molar-refractivity contribution in [3.63, 3.8) is 0 Å². The summed E-state index contributed by atoms with van der Waals surface area (Å²) in [5.41, 5.74) is 0.799. The average Bonchev–Trinajstić information content (AvgIpc) is 2.94. The predicted molar refractivity (Wildman–Crippen MR) is 83.6 cm³/mol. The Hall–Kier alpha value is -1.24. The first kappa shape index (κ1) is 13.4. The second-order valence-corrected chi connectivity index (χ2v) is 6.53. The Morgan fingerprint density at radius 2 is 2.19 bits per heavy atom.